The maximum Gasteiger partial charge on any atom is 0.336 e. The third kappa shape index (κ3) is 2.20. The second-order valence-electron chi connectivity index (χ2n) is 4.92. The first-order chi connectivity index (χ1) is 9.32. The minimum Gasteiger partial charge on any atom is -0.478 e. The molecule has 20 heavy (non-hydrogen) atoms. The summed E-state index contributed by atoms with van der Waals surface area (Å²) < 4.78 is 0. The number of hydrogen-bond acceptors (Lipinski definition) is 4. The normalized spacial score (nSPS) is 11.0. The lowest BCUT2D eigenvalue weighted by molar-refractivity contribution is -0.384. The van der Waals surface area contributed by atoms with Gasteiger partial charge in [0.2, 0.25) is 0 Å². The third-order valence-electron chi connectivity index (χ3n) is 3.22. The topological polar surface area (TPSA) is 93.3 Å². The summed E-state index contributed by atoms with van der Waals surface area (Å²) in [6.07, 6.45) is 0. The predicted molar refractivity (Wildman–Crippen MR) is 74.2 cm³/mol. The van der Waals surface area contributed by atoms with Crippen molar-refractivity contribution in [2.24, 2.45) is 0 Å². The first kappa shape index (κ1) is 13.9. The molecule has 0 radical (unpaired) electrons. The average Bonchev–Trinajstić information content (AvgIpc) is 2.36. The molecule has 0 amide bonds. The Labute approximate surface area is 115 Å². The highest BCUT2D eigenvalue weighted by atomic mass is 16.6. The van der Waals surface area contributed by atoms with Crippen molar-refractivity contribution in [3.63, 3.8) is 0 Å². The molecular weight excluding hydrogens is 260 g/mol. The van der Waals surface area contributed by atoms with Gasteiger partial charge in [-0.15, -0.1) is 0 Å². The summed E-state index contributed by atoms with van der Waals surface area (Å²) in [5.74, 6) is -1.02. The van der Waals surface area contributed by atoms with Crippen LogP contribution in [0.15, 0.2) is 18.2 Å². The summed E-state index contributed by atoms with van der Waals surface area (Å²) in [6.45, 7) is 5.54. The maximum atomic E-state index is 11.5. The molecule has 0 aliphatic rings. The molecule has 1 N–H and O–H groups in total. The Hall–Kier alpha value is -2.50. The summed E-state index contributed by atoms with van der Waals surface area (Å²) in [5, 5.41) is 20.5. The highest BCUT2D eigenvalue weighted by molar-refractivity contribution is 6.04. The third-order valence-corrected chi connectivity index (χ3v) is 3.22. The molecule has 0 bridgehead atoms. The molecule has 0 spiro atoms. The zero-order chi connectivity index (χ0) is 15.0. The molecule has 0 unspecified atom stereocenters. The van der Waals surface area contributed by atoms with Crippen molar-refractivity contribution >= 4 is 22.6 Å². The first-order valence-electron chi connectivity index (χ1n) is 6.15. The molecule has 1 aromatic carbocycles. The van der Waals surface area contributed by atoms with Crippen LogP contribution in [0.3, 0.4) is 0 Å². The van der Waals surface area contributed by atoms with Gasteiger partial charge in [-0.3, -0.25) is 15.1 Å². The molecule has 0 fully saturated rings. The van der Waals surface area contributed by atoms with Gasteiger partial charge in [0, 0.05) is 23.2 Å². The van der Waals surface area contributed by atoms with Gasteiger partial charge < -0.3 is 5.11 Å². The molecule has 6 heteroatoms. The number of nitro groups is 1. The Kier molecular flexibility index (Phi) is 3.40. The molecule has 6 nitrogen and oxygen atoms in total. The van der Waals surface area contributed by atoms with E-state index < -0.39 is 10.9 Å². The Balaban J connectivity index is 2.90. The highest BCUT2D eigenvalue weighted by Gasteiger charge is 2.20. The Morgan fingerprint density at radius 2 is 2.05 bits per heavy atom. The number of carboxylic acids is 1. The lowest BCUT2D eigenvalue weighted by Crippen LogP contribution is -2.08. The van der Waals surface area contributed by atoms with Gasteiger partial charge in [-0.1, -0.05) is 13.8 Å². The smallest absolute Gasteiger partial charge is 0.336 e. The summed E-state index contributed by atoms with van der Waals surface area (Å²) >= 11 is 0. The summed E-state index contributed by atoms with van der Waals surface area (Å²) in [6, 6.07) is 4.09. The first-order valence-corrected chi connectivity index (χ1v) is 6.15. The number of carbonyl (C=O) groups is 1. The summed E-state index contributed by atoms with van der Waals surface area (Å²) in [5.41, 5.74) is 1.66. The molecule has 1 aromatic heterocycles. The quantitative estimate of drug-likeness (QED) is 0.684. The van der Waals surface area contributed by atoms with Crippen molar-refractivity contribution in [1.29, 1.82) is 0 Å². The molecule has 0 aliphatic heterocycles. The predicted octanol–water partition coefficient (Wildman–Crippen LogP) is 3.27. The fourth-order valence-corrected chi connectivity index (χ4v) is 2.32. The number of carboxylic acid groups (broad SMARTS) is 1. The lowest BCUT2D eigenvalue weighted by Gasteiger charge is -2.13. The van der Waals surface area contributed by atoms with E-state index in [1.807, 2.05) is 13.8 Å². The van der Waals surface area contributed by atoms with Crippen LogP contribution in [0.5, 0.6) is 0 Å². The van der Waals surface area contributed by atoms with Crippen LogP contribution in [-0.2, 0) is 0 Å². The molecule has 0 saturated carbocycles. The van der Waals surface area contributed by atoms with Crippen molar-refractivity contribution < 1.29 is 14.8 Å². The van der Waals surface area contributed by atoms with Crippen LogP contribution in [0.2, 0.25) is 0 Å². The van der Waals surface area contributed by atoms with Gasteiger partial charge in [0.05, 0.1) is 16.0 Å². The molecule has 1 heterocycles. The van der Waals surface area contributed by atoms with E-state index in [4.69, 9.17) is 0 Å². The van der Waals surface area contributed by atoms with Crippen molar-refractivity contribution in [2.45, 2.75) is 26.7 Å². The van der Waals surface area contributed by atoms with Crippen LogP contribution in [0.4, 0.5) is 5.69 Å². The van der Waals surface area contributed by atoms with Crippen LogP contribution >= 0.6 is 0 Å². The molecule has 2 rings (SSSR count). The SMILES string of the molecule is Cc1c(C(C)C)nc2ccc([N+](=O)[O-])cc2c1C(=O)O. The minimum absolute atomic E-state index is 0.0766. The van der Waals surface area contributed by atoms with E-state index in [2.05, 4.69) is 4.98 Å². The Morgan fingerprint density at radius 1 is 1.40 bits per heavy atom. The van der Waals surface area contributed by atoms with Crippen molar-refractivity contribution in [1.82, 2.24) is 4.98 Å². The average molecular weight is 274 g/mol. The minimum atomic E-state index is -1.10. The number of hydrogen-bond donors (Lipinski definition) is 1. The molecule has 0 saturated heterocycles. The maximum absolute atomic E-state index is 11.5. The van der Waals surface area contributed by atoms with Gasteiger partial charge in [0.25, 0.3) is 5.69 Å². The number of benzene rings is 1. The van der Waals surface area contributed by atoms with Gasteiger partial charge >= 0.3 is 5.97 Å². The number of nitrogens with zero attached hydrogens (tertiary/aromatic N) is 2. The van der Waals surface area contributed by atoms with E-state index in [1.54, 1.807) is 6.92 Å². The zero-order valence-corrected chi connectivity index (χ0v) is 11.4. The Morgan fingerprint density at radius 3 is 2.55 bits per heavy atom. The number of pyridine rings is 1. The monoisotopic (exact) mass is 274 g/mol. The van der Waals surface area contributed by atoms with Gasteiger partial charge in [-0.2, -0.15) is 0 Å². The van der Waals surface area contributed by atoms with E-state index >= 15 is 0 Å². The van der Waals surface area contributed by atoms with Crippen molar-refractivity contribution in [2.75, 3.05) is 0 Å². The number of nitro benzene ring substituents is 1. The summed E-state index contributed by atoms with van der Waals surface area (Å²) in [7, 11) is 0. The van der Waals surface area contributed by atoms with E-state index in [9.17, 15) is 20.0 Å². The number of aromatic nitrogens is 1. The van der Waals surface area contributed by atoms with Crippen molar-refractivity contribution in [3.05, 3.63) is 45.1 Å². The molecule has 0 atom stereocenters. The van der Waals surface area contributed by atoms with Gasteiger partial charge in [-0.25, -0.2) is 4.79 Å². The van der Waals surface area contributed by atoms with E-state index in [0.717, 1.165) is 0 Å². The summed E-state index contributed by atoms with van der Waals surface area (Å²) in [4.78, 5) is 26.2. The second kappa shape index (κ2) is 4.88. The second-order valence-corrected chi connectivity index (χ2v) is 4.92. The largest absolute Gasteiger partial charge is 0.478 e. The number of non-ortho nitro benzene ring substituents is 1. The molecule has 0 aliphatic carbocycles. The lowest BCUT2D eigenvalue weighted by atomic mass is 9.96. The van der Waals surface area contributed by atoms with Crippen LogP contribution in [-0.4, -0.2) is 21.0 Å². The molecule has 2 aromatic rings. The fraction of sp³-hybridized carbons (Fsp3) is 0.286. The molecule has 104 valence electrons. The van der Waals surface area contributed by atoms with E-state index in [1.165, 1.54) is 18.2 Å². The molecular formula is C14H14N2O4. The van der Waals surface area contributed by atoms with E-state index in [-0.39, 0.29) is 17.2 Å². The van der Waals surface area contributed by atoms with Crippen molar-refractivity contribution in [3.8, 4) is 0 Å². The number of aromatic carboxylic acids is 1. The zero-order valence-electron chi connectivity index (χ0n) is 11.4. The number of fused-ring (bicyclic) bond motifs is 1. The van der Waals surface area contributed by atoms with Gasteiger partial charge in [0.1, 0.15) is 0 Å². The van der Waals surface area contributed by atoms with Gasteiger partial charge in [0.15, 0.2) is 0 Å². The van der Waals surface area contributed by atoms with Crippen LogP contribution in [0.1, 0.15) is 41.4 Å². The van der Waals surface area contributed by atoms with Crippen LogP contribution in [0.25, 0.3) is 10.9 Å². The standard InChI is InChI=1S/C14H14N2O4/c1-7(2)13-8(3)12(14(17)18)10-6-9(16(19)20)4-5-11(10)15-13/h4-7H,1-3H3,(H,17,18). The highest BCUT2D eigenvalue weighted by Crippen LogP contribution is 2.29. The van der Waals surface area contributed by atoms with Crippen LogP contribution in [0, 0.1) is 17.0 Å². The Bertz CT molecular complexity index is 723. The van der Waals surface area contributed by atoms with E-state index in [0.29, 0.717) is 22.2 Å². The number of rotatable bonds is 3. The van der Waals surface area contributed by atoms with Gasteiger partial charge in [-0.05, 0) is 24.5 Å². The fourth-order valence-electron chi connectivity index (χ4n) is 2.32. The van der Waals surface area contributed by atoms with Crippen LogP contribution < -0.4 is 0 Å².